The molecule has 0 aliphatic carbocycles. The summed E-state index contributed by atoms with van der Waals surface area (Å²) in [5.74, 6) is -0.0239. The SMILES string of the molecule is COC(=O)C[C@@H](N)c1cc(C(C)(C)C)c(O)c(C(C)(C)C)c1. The first-order valence-corrected chi connectivity index (χ1v) is 7.58. The van der Waals surface area contributed by atoms with E-state index in [0.717, 1.165) is 16.7 Å². The number of hydrogen-bond acceptors (Lipinski definition) is 4. The lowest BCUT2D eigenvalue weighted by atomic mass is 9.77. The minimum atomic E-state index is -0.449. The van der Waals surface area contributed by atoms with E-state index in [1.54, 1.807) is 0 Å². The Morgan fingerprint density at radius 1 is 1.14 bits per heavy atom. The summed E-state index contributed by atoms with van der Waals surface area (Å²) in [6.07, 6.45) is 0.119. The van der Waals surface area contributed by atoms with Crippen LogP contribution in [0.1, 0.15) is 70.7 Å². The zero-order valence-corrected chi connectivity index (χ0v) is 14.8. The van der Waals surface area contributed by atoms with Crippen LogP contribution >= 0.6 is 0 Å². The van der Waals surface area contributed by atoms with E-state index in [4.69, 9.17) is 10.5 Å². The Hall–Kier alpha value is -1.55. The van der Waals surface area contributed by atoms with Gasteiger partial charge in [0.2, 0.25) is 0 Å². The molecule has 0 aliphatic heterocycles. The fourth-order valence-electron chi connectivity index (χ4n) is 2.40. The number of carbonyl (C=O) groups is 1. The summed E-state index contributed by atoms with van der Waals surface area (Å²) in [6.45, 7) is 12.3. The Kier molecular flexibility index (Phi) is 5.29. The highest BCUT2D eigenvalue weighted by Gasteiger charge is 2.27. The fraction of sp³-hybridized carbons (Fsp3) is 0.611. The lowest BCUT2D eigenvalue weighted by molar-refractivity contribution is -0.141. The summed E-state index contributed by atoms with van der Waals surface area (Å²) >= 11 is 0. The van der Waals surface area contributed by atoms with Crippen LogP contribution in [0.4, 0.5) is 0 Å². The molecule has 0 saturated carbocycles. The van der Waals surface area contributed by atoms with Gasteiger partial charge in [0.1, 0.15) is 5.75 Å². The van der Waals surface area contributed by atoms with E-state index in [1.165, 1.54) is 7.11 Å². The number of rotatable bonds is 3. The third kappa shape index (κ3) is 4.23. The van der Waals surface area contributed by atoms with E-state index in [-0.39, 0.29) is 23.2 Å². The Bertz CT molecular complexity index is 515. The first kappa shape index (κ1) is 18.5. The van der Waals surface area contributed by atoms with Crippen molar-refractivity contribution in [1.29, 1.82) is 0 Å². The number of phenols is 1. The predicted octanol–water partition coefficient (Wildman–Crippen LogP) is 3.55. The molecule has 0 spiro atoms. The molecule has 0 heterocycles. The number of carbonyl (C=O) groups excluding carboxylic acids is 1. The van der Waals surface area contributed by atoms with Crippen molar-refractivity contribution in [2.24, 2.45) is 5.73 Å². The first-order chi connectivity index (χ1) is 9.87. The Labute approximate surface area is 133 Å². The van der Waals surface area contributed by atoms with Gasteiger partial charge in [-0.1, -0.05) is 41.5 Å². The zero-order chi connectivity index (χ0) is 17.3. The van der Waals surface area contributed by atoms with Crippen LogP contribution in [0.5, 0.6) is 5.75 Å². The number of nitrogens with two attached hydrogens (primary N) is 1. The number of esters is 1. The van der Waals surface area contributed by atoms with Gasteiger partial charge in [0, 0.05) is 6.04 Å². The van der Waals surface area contributed by atoms with Crippen LogP contribution in [0.2, 0.25) is 0 Å². The van der Waals surface area contributed by atoms with Gasteiger partial charge in [0.05, 0.1) is 13.5 Å². The summed E-state index contributed by atoms with van der Waals surface area (Å²) in [5, 5.41) is 10.7. The van der Waals surface area contributed by atoms with Gasteiger partial charge in [-0.2, -0.15) is 0 Å². The number of aromatic hydroxyl groups is 1. The van der Waals surface area contributed by atoms with Crippen LogP contribution in [-0.2, 0) is 20.4 Å². The lowest BCUT2D eigenvalue weighted by Gasteiger charge is -2.29. The highest BCUT2D eigenvalue weighted by atomic mass is 16.5. The van der Waals surface area contributed by atoms with Gasteiger partial charge in [0.15, 0.2) is 0 Å². The Morgan fingerprint density at radius 2 is 1.55 bits per heavy atom. The fourth-order valence-corrected chi connectivity index (χ4v) is 2.40. The molecule has 124 valence electrons. The van der Waals surface area contributed by atoms with Gasteiger partial charge < -0.3 is 15.6 Å². The number of phenolic OH excluding ortho intramolecular Hbond substituents is 1. The molecule has 0 unspecified atom stereocenters. The van der Waals surface area contributed by atoms with Crippen LogP contribution in [0, 0.1) is 0 Å². The molecule has 4 nitrogen and oxygen atoms in total. The average molecular weight is 307 g/mol. The maximum absolute atomic E-state index is 11.5. The minimum Gasteiger partial charge on any atom is -0.507 e. The third-order valence-electron chi connectivity index (χ3n) is 3.79. The Morgan fingerprint density at radius 3 is 1.86 bits per heavy atom. The van der Waals surface area contributed by atoms with Gasteiger partial charge in [-0.05, 0) is 39.7 Å². The van der Waals surface area contributed by atoms with Crippen LogP contribution in [0.3, 0.4) is 0 Å². The molecule has 0 aliphatic rings. The van der Waals surface area contributed by atoms with Crippen molar-refractivity contribution in [2.75, 3.05) is 7.11 Å². The summed E-state index contributed by atoms with van der Waals surface area (Å²) < 4.78 is 4.69. The molecule has 3 N–H and O–H groups in total. The molecule has 0 saturated heterocycles. The molecule has 1 aromatic rings. The van der Waals surface area contributed by atoms with Crippen molar-refractivity contribution >= 4 is 5.97 Å². The highest BCUT2D eigenvalue weighted by Crippen LogP contribution is 2.40. The van der Waals surface area contributed by atoms with Gasteiger partial charge in [-0.25, -0.2) is 0 Å². The molecule has 1 aromatic carbocycles. The van der Waals surface area contributed by atoms with E-state index >= 15 is 0 Å². The smallest absolute Gasteiger partial charge is 0.307 e. The molecule has 0 aromatic heterocycles. The monoisotopic (exact) mass is 307 g/mol. The topological polar surface area (TPSA) is 72.5 Å². The molecule has 22 heavy (non-hydrogen) atoms. The summed E-state index contributed by atoms with van der Waals surface area (Å²) in [6, 6.07) is 3.35. The quantitative estimate of drug-likeness (QED) is 0.838. The second-order valence-electron chi connectivity index (χ2n) is 7.85. The van der Waals surface area contributed by atoms with E-state index in [0.29, 0.717) is 5.75 Å². The number of benzene rings is 1. The second kappa shape index (κ2) is 6.29. The summed E-state index contributed by atoms with van der Waals surface area (Å²) in [5.41, 5.74) is 8.26. The Balaban J connectivity index is 3.44. The predicted molar refractivity (Wildman–Crippen MR) is 89.1 cm³/mol. The number of hydrogen-bond donors (Lipinski definition) is 2. The van der Waals surface area contributed by atoms with Gasteiger partial charge in [0.25, 0.3) is 0 Å². The second-order valence-corrected chi connectivity index (χ2v) is 7.85. The molecule has 1 rings (SSSR count). The van der Waals surface area contributed by atoms with E-state index in [9.17, 15) is 9.90 Å². The average Bonchev–Trinajstić information content (AvgIpc) is 2.35. The van der Waals surface area contributed by atoms with Crippen molar-refractivity contribution in [1.82, 2.24) is 0 Å². The highest BCUT2D eigenvalue weighted by molar-refractivity contribution is 5.70. The van der Waals surface area contributed by atoms with Crippen molar-refractivity contribution in [2.45, 2.75) is 64.8 Å². The van der Waals surface area contributed by atoms with E-state index in [1.807, 2.05) is 53.7 Å². The minimum absolute atomic E-state index is 0.119. The molecule has 0 fully saturated rings. The zero-order valence-electron chi connectivity index (χ0n) is 14.8. The normalized spacial score (nSPS) is 13.8. The largest absolute Gasteiger partial charge is 0.507 e. The van der Waals surface area contributed by atoms with Crippen molar-refractivity contribution in [3.8, 4) is 5.75 Å². The molecular formula is C18H29NO3. The van der Waals surface area contributed by atoms with E-state index in [2.05, 4.69) is 0 Å². The van der Waals surface area contributed by atoms with Crippen LogP contribution < -0.4 is 5.73 Å². The maximum Gasteiger partial charge on any atom is 0.307 e. The van der Waals surface area contributed by atoms with Crippen molar-refractivity contribution < 1.29 is 14.6 Å². The van der Waals surface area contributed by atoms with Crippen molar-refractivity contribution in [3.05, 3.63) is 28.8 Å². The molecule has 1 atom stereocenters. The van der Waals surface area contributed by atoms with Gasteiger partial charge >= 0.3 is 5.97 Å². The third-order valence-corrected chi connectivity index (χ3v) is 3.79. The molecule has 4 heteroatoms. The molecule has 0 bridgehead atoms. The molecular weight excluding hydrogens is 278 g/mol. The first-order valence-electron chi connectivity index (χ1n) is 7.58. The van der Waals surface area contributed by atoms with Gasteiger partial charge in [-0.3, -0.25) is 4.79 Å². The number of ether oxygens (including phenoxy) is 1. The maximum atomic E-state index is 11.5. The van der Waals surface area contributed by atoms with Crippen molar-refractivity contribution in [3.63, 3.8) is 0 Å². The summed E-state index contributed by atoms with van der Waals surface area (Å²) in [7, 11) is 1.35. The standard InChI is InChI=1S/C18H29NO3/c1-17(2,3)12-8-11(14(19)10-15(20)22-7)9-13(16(12)21)18(4,5)6/h8-9,14,21H,10,19H2,1-7H3/t14-/m1/s1. The van der Waals surface area contributed by atoms with Crippen LogP contribution in [-0.4, -0.2) is 18.2 Å². The van der Waals surface area contributed by atoms with Crippen LogP contribution in [0.25, 0.3) is 0 Å². The molecule has 0 radical (unpaired) electrons. The molecule has 0 amide bonds. The van der Waals surface area contributed by atoms with E-state index < -0.39 is 6.04 Å². The number of methoxy groups -OCH3 is 1. The lowest BCUT2D eigenvalue weighted by Crippen LogP contribution is -2.21. The van der Waals surface area contributed by atoms with Gasteiger partial charge in [-0.15, -0.1) is 0 Å². The van der Waals surface area contributed by atoms with Crippen LogP contribution in [0.15, 0.2) is 12.1 Å². The summed E-state index contributed by atoms with van der Waals surface area (Å²) in [4.78, 5) is 11.5.